The van der Waals surface area contributed by atoms with Crippen molar-refractivity contribution >= 4 is 17.6 Å². The molecule has 29 heavy (non-hydrogen) atoms. The predicted octanol–water partition coefficient (Wildman–Crippen LogP) is 2.88. The van der Waals surface area contributed by atoms with Gasteiger partial charge in [0.2, 0.25) is 0 Å². The molecular formula is C21H24ClN3O4. The molecule has 2 aliphatic heterocycles. The molecule has 0 saturated carbocycles. The quantitative estimate of drug-likeness (QED) is 0.594. The maximum absolute atomic E-state index is 12.2. The van der Waals surface area contributed by atoms with Gasteiger partial charge in [-0.15, -0.1) is 0 Å². The molecule has 2 heterocycles. The fourth-order valence-corrected chi connectivity index (χ4v) is 4.65. The lowest BCUT2D eigenvalue weighted by molar-refractivity contribution is -0.146. The lowest BCUT2D eigenvalue weighted by atomic mass is 9.74. The molecule has 4 N–H and O–H groups in total. The summed E-state index contributed by atoms with van der Waals surface area (Å²) in [6.45, 7) is 0. The number of rotatable bonds is 5. The van der Waals surface area contributed by atoms with E-state index in [1.165, 1.54) is 0 Å². The zero-order valence-electron chi connectivity index (χ0n) is 16.2. The molecule has 2 aromatic rings. The van der Waals surface area contributed by atoms with E-state index in [-0.39, 0.29) is 24.2 Å². The van der Waals surface area contributed by atoms with Gasteiger partial charge in [0.25, 0.3) is 0 Å². The molecule has 0 radical (unpaired) electrons. The van der Waals surface area contributed by atoms with Crippen molar-refractivity contribution in [3.8, 4) is 11.5 Å². The second-order valence-electron chi connectivity index (χ2n) is 7.36. The second-order valence-corrected chi connectivity index (χ2v) is 7.79. The smallest absolute Gasteiger partial charge is 0.307 e. The van der Waals surface area contributed by atoms with Crippen molar-refractivity contribution in [3.05, 3.63) is 58.6 Å². The van der Waals surface area contributed by atoms with Crippen LogP contribution in [0.25, 0.3) is 0 Å². The van der Waals surface area contributed by atoms with Crippen LogP contribution in [0.1, 0.15) is 29.6 Å². The molecule has 2 aliphatic rings. The maximum Gasteiger partial charge on any atom is 0.307 e. The van der Waals surface area contributed by atoms with Crippen molar-refractivity contribution in [1.82, 2.24) is 16.2 Å². The first kappa shape index (κ1) is 20.0. The van der Waals surface area contributed by atoms with Crippen LogP contribution in [0.2, 0.25) is 5.02 Å². The highest BCUT2D eigenvalue weighted by Crippen LogP contribution is 2.45. The van der Waals surface area contributed by atoms with Gasteiger partial charge in [-0.3, -0.25) is 10.1 Å². The van der Waals surface area contributed by atoms with Crippen LogP contribution >= 0.6 is 11.6 Å². The molecule has 5 unspecified atom stereocenters. The Hall–Kier alpha value is -2.32. The van der Waals surface area contributed by atoms with Crippen molar-refractivity contribution in [2.75, 3.05) is 14.2 Å². The number of carboxylic acid groups (broad SMARTS) is 1. The molecule has 0 aromatic heterocycles. The van der Waals surface area contributed by atoms with Crippen LogP contribution in [0.5, 0.6) is 11.5 Å². The van der Waals surface area contributed by atoms with Gasteiger partial charge in [0.05, 0.1) is 32.3 Å². The number of fused-ring (bicyclic) bond motifs is 1. The Morgan fingerprint density at radius 3 is 2.52 bits per heavy atom. The summed E-state index contributed by atoms with van der Waals surface area (Å²) in [6.07, 6.45) is 0.222. The molecule has 0 amide bonds. The number of piperidine rings is 1. The number of hydrazine groups is 1. The summed E-state index contributed by atoms with van der Waals surface area (Å²) in [7, 11) is 3.18. The van der Waals surface area contributed by atoms with E-state index >= 15 is 0 Å². The fourth-order valence-electron chi connectivity index (χ4n) is 4.52. The van der Waals surface area contributed by atoms with E-state index in [1.54, 1.807) is 14.2 Å². The van der Waals surface area contributed by atoms with Gasteiger partial charge in [0.15, 0.2) is 11.5 Å². The number of carbonyl (C=O) groups is 1. The predicted molar refractivity (Wildman–Crippen MR) is 109 cm³/mol. The number of hydrogen-bond donors (Lipinski definition) is 4. The summed E-state index contributed by atoms with van der Waals surface area (Å²) in [6, 6.07) is 12.8. The minimum atomic E-state index is -0.808. The van der Waals surface area contributed by atoms with Crippen LogP contribution in [-0.2, 0) is 4.79 Å². The van der Waals surface area contributed by atoms with E-state index < -0.39 is 11.9 Å². The SMILES string of the molecule is COc1cccc(C2CC(C(=O)O)C3C(NNC3c3ccc(Cl)cc3)N2)c1OC. The van der Waals surface area contributed by atoms with Gasteiger partial charge in [-0.25, -0.2) is 10.9 Å². The standard InChI is InChI=1S/C21H24ClN3O4/c1-28-16-5-3-4-13(19(16)29-2)15-10-14(21(26)27)17-18(24-25-20(17)23-15)11-6-8-12(22)9-7-11/h3-9,14-15,17-18,20,23-25H,10H2,1-2H3,(H,26,27). The van der Waals surface area contributed by atoms with Gasteiger partial charge in [0.1, 0.15) is 0 Å². The van der Waals surface area contributed by atoms with E-state index in [1.807, 2.05) is 42.5 Å². The van der Waals surface area contributed by atoms with E-state index in [0.29, 0.717) is 22.9 Å². The summed E-state index contributed by atoms with van der Waals surface area (Å²) >= 11 is 6.01. The Morgan fingerprint density at radius 1 is 1.10 bits per heavy atom. The summed E-state index contributed by atoms with van der Waals surface area (Å²) in [4.78, 5) is 12.2. The molecule has 7 nitrogen and oxygen atoms in total. The summed E-state index contributed by atoms with van der Waals surface area (Å²) in [5.41, 5.74) is 8.39. The number of hydrogen-bond acceptors (Lipinski definition) is 6. The number of aliphatic carboxylic acids is 1. The van der Waals surface area contributed by atoms with E-state index in [0.717, 1.165) is 11.1 Å². The lowest BCUT2D eigenvalue weighted by Gasteiger charge is -2.39. The molecule has 5 atom stereocenters. The highest BCUT2D eigenvalue weighted by atomic mass is 35.5. The molecule has 2 aromatic carbocycles. The number of benzene rings is 2. The molecule has 154 valence electrons. The molecule has 0 bridgehead atoms. The van der Waals surface area contributed by atoms with Crippen LogP contribution in [0.3, 0.4) is 0 Å². The molecule has 0 aliphatic carbocycles. The minimum absolute atomic E-state index is 0.140. The van der Waals surface area contributed by atoms with Crippen molar-refractivity contribution < 1.29 is 19.4 Å². The average Bonchev–Trinajstić information content (AvgIpc) is 3.16. The van der Waals surface area contributed by atoms with Gasteiger partial charge < -0.3 is 14.6 Å². The Morgan fingerprint density at radius 2 is 1.86 bits per heavy atom. The first-order chi connectivity index (χ1) is 14.0. The zero-order valence-corrected chi connectivity index (χ0v) is 16.9. The Bertz CT molecular complexity index is 892. The highest BCUT2D eigenvalue weighted by molar-refractivity contribution is 6.30. The number of nitrogens with one attached hydrogen (secondary N) is 3. The summed E-state index contributed by atoms with van der Waals surface area (Å²) < 4.78 is 11.0. The number of halogens is 1. The van der Waals surface area contributed by atoms with Crippen LogP contribution in [0, 0.1) is 11.8 Å². The lowest BCUT2D eigenvalue weighted by Crippen LogP contribution is -2.53. The van der Waals surface area contributed by atoms with Gasteiger partial charge in [-0.05, 0) is 30.2 Å². The molecule has 2 fully saturated rings. The molecular weight excluding hydrogens is 394 g/mol. The van der Waals surface area contributed by atoms with E-state index in [4.69, 9.17) is 21.1 Å². The molecule has 2 saturated heterocycles. The van der Waals surface area contributed by atoms with Crippen molar-refractivity contribution in [3.63, 3.8) is 0 Å². The van der Waals surface area contributed by atoms with Crippen molar-refractivity contribution in [2.24, 2.45) is 11.8 Å². The normalized spacial score (nSPS) is 28.6. The van der Waals surface area contributed by atoms with Gasteiger partial charge in [0, 0.05) is 22.5 Å². The maximum atomic E-state index is 12.2. The number of methoxy groups -OCH3 is 2. The molecule has 4 rings (SSSR count). The van der Waals surface area contributed by atoms with Crippen molar-refractivity contribution in [1.29, 1.82) is 0 Å². The van der Waals surface area contributed by atoms with Crippen LogP contribution in [-0.4, -0.2) is 31.5 Å². The van der Waals surface area contributed by atoms with Gasteiger partial charge in [-0.1, -0.05) is 35.9 Å². The van der Waals surface area contributed by atoms with Crippen molar-refractivity contribution in [2.45, 2.75) is 24.7 Å². The van der Waals surface area contributed by atoms with Crippen LogP contribution in [0.4, 0.5) is 0 Å². The largest absolute Gasteiger partial charge is 0.493 e. The number of ether oxygens (including phenoxy) is 2. The summed E-state index contributed by atoms with van der Waals surface area (Å²) in [5, 5.41) is 14.2. The Kier molecular flexibility index (Phi) is 5.65. The molecule has 8 heteroatoms. The first-order valence-electron chi connectivity index (χ1n) is 9.49. The Labute approximate surface area is 174 Å². The zero-order chi connectivity index (χ0) is 20.5. The number of carboxylic acids is 1. The number of para-hydroxylation sites is 1. The fraction of sp³-hybridized carbons (Fsp3) is 0.381. The monoisotopic (exact) mass is 417 g/mol. The Balaban J connectivity index is 1.66. The second kappa shape index (κ2) is 8.20. The van der Waals surface area contributed by atoms with E-state index in [2.05, 4.69) is 16.2 Å². The minimum Gasteiger partial charge on any atom is -0.493 e. The molecule has 0 spiro atoms. The first-order valence-corrected chi connectivity index (χ1v) is 9.87. The van der Waals surface area contributed by atoms with Crippen LogP contribution < -0.4 is 25.6 Å². The average molecular weight is 418 g/mol. The van der Waals surface area contributed by atoms with Gasteiger partial charge in [-0.2, -0.15) is 0 Å². The summed E-state index contributed by atoms with van der Waals surface area (Å²) in [5.74, 6) is -0.280. The third-order valence-corrected chi connectivity index (χ3v) is 6.11. The third kappa shape index (κ3) is 3.67. The van der Waals surface area contributed by atoms with Gasteiger partial charge >= 0.3 is 5.97 Å². The van der Waals surface area contributed by atoms with Crippen LogP contribution in [0.15, 0.2) is 42.5 Å². The highest BCUT2D eigenvalue weighted by Gasteiger charge is 2.49. The van der Waals surface area contributed by atoms with E-state index in [9.17, 15) is 9.90 Å². The topological polar surface area (TPSA) is 91.9 Å². The third-order valence-electron chi connectivity index (χ3n) is 5.85.